The van der Waals surface area contributed by atoms with Gasteiger partial charge in [-0.3, -0.25) is 0 Å². The highest BCUT2D eigenvalue weighted by atomic mass is 19.1. The molecule has 0 amide bonds. The van der Waals surface area contributed by atoms with Gasteiger partial charge in [-0.15, -0.1) is 0 Å². The largest absolute Gasteiger partial charge is 0.444 e. The van der Waals surface area contributed by atoms with Crippen LogP contribution in [-0.4, -0.2) is 4.98 Å². The van der Waals surface area contributed by atoms with Crippen molar-refractivity contribution < 1.29 is 13.2 Å². The fraction of sp³-hybridized carbons (Fsp3) is 0.0625. The SMILES string of the molecule is Fc1cccc(F)c1CNc1ccc(-c2cnco2)cc1. The smallest absolute Gasteiger partial charge is 0.181 e. The first-order valence-electron chi connectivity index (χ1n) is 6.40. The van der Waals surface area contributed by atoms with E-state index in [0.717, 1.165) is 11.3 Å². The second-order valence-electron chi connectivity index (χ2n) is 4.50. The fourth-order valence-corrected chi connectivity index (χ4v) is 2.00. The van der Waals surface area contributed by atoms with E-state index in [2.05, 4.69) is 10.3 Å². The highest BCUT2D eigenvalue weighted by molar-refractivity contribution is 5.60. The Bertz CT molecular complexity index is 704. The van der Waals surface area contributed by atoms with E-state index >= 15 is 0 Å². The van der Waals surface area contributed by atoms with E-state index in [-0.39, 0.29) is 12.1 Å². The van der Waals surface area contributed by atoms with Crippen molar-refractivity contribution in [3.05, 3.63) is 72.3 Å². The molecule has 0 spiro atoms. The second kappa shape index (κ2) is 5.75. The summed E-state index contributed by atoms with van der Waals surface area (Å²) in [5.74, 6) is -0.441. The summed E-state index contributed by atoms with van der Waals surface area (Å²) in [7, 11) is 0. The molecule has 3 nitrogen and oxygen atoms in total. The molecular weight excluding hydrogens is 274 g/mol. The molecule has 0 bridgehead atoms. The Morgan fingerprint density at radius 3 is 2.33 bits per heavy atom. The zero-order valence-electron chi connectivity index (χ0n) is 11.0. The zero-order chi connectivity index (χ0) is 14.7. The summed E-state index contributed by atoms with van der Waals surface area (Å²) < 4.78 is 32.2. The minimum atomic E-state index is -0.555. The minimum absolute atomic E-state index is 0.0248. The van der Waals surface area contributed by atoms with Crippen LogP contribution in [0.25, 0.3) is 11.3 Å². The van der Waals surface area contributed by atoms with Crippen LogP contribution < -0.4 is 5.32 Å². The topological polar surface area (TPSA) is 38.1 Å². The van der Waals surface area contributed by atoms with E-state index in [1.807, 2.05) is 24.3 Å². The van der Waals surface area contributed by atoms with E-state index in [9.17, 15) is 8.78 Å². The van der Waals surface area contributed by atoms with Gasteiger partial charge >= 0.3 is 0 Å². The number of benzene rings is 2. The number of oxazole rings is 1. The molecule has 0 aliphatic heterocycles. The molecule has 0 aliphatic rings. The van der Waals surface area contributed by atoms with E-state index in [0.29, 0.717) is 5.76 Å². The van der Waals surface area contributed by atoms with E-state index in [1.165, 1.54) is 24.6 Å². The van der Waals surface area contributed by atoms with Crippen molar-refractivity contribution in [2.24, 2.45) is 0 Å². The third-order valence-electron chi connectivity index (χ3n) is 3.13. The first-order valence-corrected chi connectivity index (χ1v) is 6.40. The molecule has 0 aliphatic carbocycles. The third-order valence-corrected chi connectivity index (χ3v) is 3.13. The average molecular weight is 286 g/mol. The summed E-state index contributed by atoms with van der Waals surface area (Å²) in [5, 5.41) is 2.99. The van der Waals surface area contributed by atoms with Gasteiger partial charge in [0.1, 0.15) is 11.6 Å². The Balaban J connectivity index is 1.71. The molecule has 5 heteroatoms. The van der Waals surface area contributed by atoms with Crippen molar-refractivity contribution >= 4 is 5.69 Å². The van der Waals surface area contributed by atoms with Gasteiger partial charge in [0.05, 0.1) is 6.20 Å². The van der Waals surface area contributed by atoms with Gasteiger partial charge in [-0.05, 0) is 36.4 Å². The summed E-state index contributed by atoms with van der Waals surface area (Å²) >= 11 is 0. The van der Waals surface area contributed by atoms with E-state index in [1.54, 1.807) is 6.20 Å². The molecule has 0 atom stereocenters. The zero-order valence-corrected chi connectivity index (χ0v) is 11.0. The summed E-state index contributed by atoms with van der Waals surface area (Å²) in [5.41, 5.74) is 1.67. The van der Waals surface area contributed by atoms with Crippen LogP contribution in [0.1, 0.15) is 5.56 Å². The van der Waals surface area contributed by atoms with Gasteiger partial charge in [-0.2, -0.15) is 0 Å². The standard InChI is InChI=1S/C16H12F2N2O/c17-14-2-1-3-15(18)13(14)8-20-12-6-4-11(5-7-12)16-9-19-10-21-16/h1-7,9-10,20H,8H2. The number of hydrogen-bond donors (Lipinski definition) is 1. The minimum Gasteiger partial charge on any atom is -0.444 e. The van der Waals surface area contributed by atoms with Crippen LogP contribution in [0.5, 0.6) is 0 Å². The lowest BCUT2D eigenvalue weighted by atomic mass is 10.1. The third kappa shape index (κ3) is 2.91. The number of rotatable bonds is 4. The molecular formula is C16H12F2N2O. The molecule has 1 aromatic heterocycles. The van der Waals surface area contributed by atoms with Crippen LogP contribution in [-0.2, 0) is 6.54 Å². The monoisotopic (exact) mass is 286 g/mol. The van der Waals surface area contributed by atoms with Crippen LogP contribution in [0.2, 0.25) is 0 Å². The van der Waals surface area contributed by atoms with Gasteiger partial charge in [0.25, 0.3) is 0 Å². The Kier molecular flexibility index (Phi) is 3.64. The van der Waals surface area contributed by atoms with Crippen molar-refractivity contribution in [3.8, 4) is 11.3 Å². The second-order valence-corrected chi connectivity index (χ2v) is 4.50. The predicted octanol–water partition coefficient (Wildman–Crippen LogP) is 4.23. The van der Waals surface area contributed by atoms with Crippen LogP contribution in [0, 0.1) is 11.6 Å². The maximum atomic E-state index is 13.5. The fourth-order valence-electron chi connectivity index (χ4n) is 2.00. The van der Waals surface area contributed by atoms with Gasteiger partial charge in [0.15, 0.2) is 12.2 Å². The quantitative estimate of drug-likeness (QED) is 0.780. The molecule has 106 valence electrons. The maximum Gasteiger partial charge on any atom is 0.181 e. The van der Waals surface area contributed by atoms with Gasteiger partial charge in [0.2, 0.25) is 0 Å². The Hall–Kier alpha value is -2.69. The van der Waals surface area contributed by atoms with Crippen LogP contribution in [0.3, 0.4) is 0 Å². The molecule has 21 heavy (non-hydrogen) atoms. The van der Waals surface area contributed by atoms with Gasteiger partial charge in [0, 0.05) is 23.4 Å². The number of nitrogens with zero attached hydrogens (tertiary/aromatic N) is 1. The number of halogens is 2. The Morgan fingerprint density at radius 2 is 1.71 bits per heavy atom. The number of hydrogen-bond acceptors (Lipinski definition) is 3. The molecule has 3 aromatic rings. The lowest BCUT2D eigenvalue weighted by Gasteiger charge is -2.08. The molecule has 1 heterocycles. The highest BCUT2D eigenvalue weighted by Gasteiger charge is 2.08. The lowest BCUT2D eigenvalue weighted by Crippen LogP contribution is -2.04. The molecule has 0 fully saturated rings. The van der Waals surface area contributed by atoms with Crippen LogP contribution in [0.4, 0.5) is 14.5 Å². The van der Waals surface area contributed by atoms with Crippen molar-refractivity contribution in [2.75, 3.05) is 5.32 Å². The Labute approximate surface area is 120 Å². The predicted molar refractivity (Wildman–Crippen MR) is 75.6 cm³/mol. The molecule has 3 rings (SSSR count). The normalized spacial score (nSPS) is 10.6. The molecule has 0 saturated carbocycles. The van der Waals surface area contributed by atoms with E-state index < -0.39 is 11.6 Å². The lowest BCUT2D eigenvalue weighted by molar-refractivity contribution is 0.560. The number of nitrogens with one attached hydrogen (secondary N) is 1. The van der Waals surface area contributed by atoms with Crippen molar-refractivity contribution in [1.82, 2.24) is 4.98 Å². The summed E-state index contributed by atoms with van der Waals surface area (Å²) in [6.45, 7) is 0.0835. The van der Waals surface area contributed by atoms with Gasteiger partial charge < -0.3 is 9.73 Å². The van der Waals surface area contributed by atoms with Gasteiger partial charge in [-0.25, -0.2) is 13.8 Å². The molecule has 2 aromatic carbocycles. The van der Waals surface area contributed by atoms with Gasteiger partial charge in [-0.1, -0.05) is 6.07 Å². The Morgan fingerprint density at radius 1 is 1.00 bits per heavy atom. The molecule has 0 saturated heterocycles. The van der Waals surface area contributed by atoms with Crippen LogP contribution >= 0.6 is 0 Å². The molecule has 1 N–H and O–H groups in total. The van der Waals surface area contributed by atoms with Crippen molar-refractivity contribution in [2.45, 2.75) is 6.54 Å². The summed E-state index contributed by atoms with van der Waals surface area (Å²) in [4.78, 5) is 3.85. The summed E-state index contributed by atoms with van der Waals surface area (Å²) in [6, 6.07) is 11.2. The van der Waals surface area contributed by atoms with Crippen LogP contribution in [0.15, 0.2) is 59.5 Å². The molecule has 0 radical (unpaired) electrons. The highest BCUT2D eigenvalue weighted by Crippen LogP contribution is 2.21. The molecule has 0 unspecified atom stereocenters. The number of aromatic nitrogens is 1. The van der Waals surface area contributed by atoms with Crippen molar-refractivity contribution in [1.29, 1.82) is 0 Å². The first kappa shape index (κ1) is 13.3. The van der Waals surface area contributed by atoms with Crippen molar-refractivity contribution in [3.63, 3.8) is 0 Å². The summed E-state index contributed by atoms with van der Waals surface area (Å²) in [6.07, 6.45) is 2.99. The number of anilines is 1. The average Bonchev–Trinajstić information content (AvgIpc) is 3.02. The van der Waals surface area contributed by atoms with E-state index in [4.69, 9.17) is 4.42 Å². The maximum absolute atomic E-state index is 13.5. The first-order chi connectivity index (χ1) is 10.2.